The van der Waals surface area contributed by atoms with Gasteiger partial charge in [0.25, 0.3) is 0 Å². The van der Waals surface area contributed by atoms with Crippen LogP contribution in [-0.2, 0) is 23.1 Å². The summed E-state index contributed by atoms with van der Waals surface area (Å²) in [6.45, 7) is 10.3. The normalized spacial score (nSPS) is 14.0. The van der Waals surface area contributed by atoms with Gasteiger partial charge in [-0.25, -0.2) is 14.8 Å². The maximum Gasteiger partial charge on any atom is 0.410 e. The topological polar surface area (TPSA) is 91.1 Å². The van der Waals surface area contributed by atoms with Gasteiger partial charge in [0.1, 0.15) is 5.60 Å². The number of aromatic nitrogens is 2. The third kappa shape index (κ3) is 5.02. The van der Waals surface area contributed by atoms with Crippen molar-refractivity contribution in [2.24, 2.45) is 0 Å². The van der Waals surface area contributed by atoms with Crippen LogP contribution in [0.1, 0.15) is 51.4 Å². The number of carbonyl (C=O) groups is 1. The molecule has 29 heavy (non-hydrogen) atoms. The summed E-state index contributed by atoms with van der Waals surface area (Å²) < 4.78 is 5.47. The highest BCUT2D eigenvalue weighted by atomic mass is 16.6. The second-order valence-electron chi connectivity index (χ2n) is 8.76. The molecule has 1 N–H and O–H groups in total. The SMILES string of the molecule is CC(C)(C)OC(=O)N1CCc2cnc(Nc3ccc(C(C)(C)C#N)cc3)nc2C1. The Balaban J connectivity index is 1.72. The van der Waals surface area contributed by atoms with Gasteiger partial charge in [0.05, 0.1) is 23.7 Å². The zero-order valence-electron chi connectivity index (χ0n) is 17.6. The number of nitrogens with zero attached hydrogens (tertiary/aromatic N) is 4. The molecule has 0 aliphatic carbocycles. The first kappa shape index (κ1) is 20.6. The Morgan fingerprint density at radius 3 is 2.52 bits per heavy atom. The molecule has 2 aromatic rings. The van der Waals surface area contributed by atoms with Crippen LogP contribution in [0.25, 0.3) is 0 Å². The summed E-state index contributed by atoms with van der Waals surface area (Å²) in [4.78, 5) is 23.0. The summed E-state index contributed by atoms with van der Waals surface area (Å²) in [6.07, 6.45) is 2.18. The fourth-order valence-electron chi connectivity index (χ4n) is 3.01. The van der Waals surface area contributed by atoms with Crippen molar-refractivity contribution in [3.8, 4) is 6.07 Å². The molecule has 0 fully saturated rings. The molecule has 1 amide bonds. The molecule has 1 aliphatic rings. The maximum atomic E-state index is 12.4. The van der Waals surface area contributed by atoms with Gasteiger partial charge in [-0.2, -0.15) is 5.26 Å². The standard InChI is InChI=1S/C22H27N5O2/c1-21(2,3)29-20(28)27-11-10-15-12-24-19(26-18(15)13-27)25-17-8-6-16(7-9-17)22(4,5)14-23/h6-9,12H,10-11,13H2,1-5H3,(H,24,25,26). The van der Waals surface area contributed by atoms with E-state index in [2.05, 4.69) is 21.4 Å². The van der Waals surface area contributed by atoms with E-state index in [1.807, 2.05) is 65.1 Å². The predicted octanol–water partition coefficient (Wildman–Crippen LogP) is 4.31. The molecule has 3 rings (SSSR count). The lowest BCUT2D eigenvalue weighted by Crippen LogP contribution is -2.40. The van der Waals surface area contributed by atoms with Crippen molar-refractivity contribution in [1.82, 2.24) is 14.9 Å². The summed E-state index contributed by atoms with van der Waals surface area (Å²) in [5, 5.41) is 12.5. The lowest BCUT2D eigenvalue weighted by Gasteiger charge is -2.30. The van der Waals surface area contributed by atoms with Crippen LogP contribution in [0, 0.1) is 11.3 Å². The van der Waals surface area contributed by atoms with Gasteiger partial charge in [0.15, 0.2) is 0 Å². The molecule has 1 aromatic heterocycles. The molecule has 0 unspecified atom stereocenters. The predicted molar refractivity (Wildman–Crippen MR) is 111 cm³/mol. The summed E-state index contributed by atoms with van der Waals surface area (Å²) in [5.41, 5.74) is 2.59. The quantitative estimate of drug-likeness (QED) is 0.835. The number of hydrogen-bond acceptors (Lipinski definition) is 6. The fourth-order valence-corrected chi connectivity index (χ4v) is 3.01. The Hall–Kier alpha value is -3.14. The first-order valence-corrected chi connectivity index (χ1v) is 9.69. The Bertz CT molecular complexity index is 939. The van der Waals surface area contributed by atoms with Crippen LogP contribution in [0.15, 0.2) is 30.5 Å². The van der Waals surface area contributed by atoms with Crippen LogP contribution in [0.5, 0.6) is 0 Å². The molecule has 7 nitrogen and oxygen atoms in total. The van der Waals surface area contributed by atoms with E-state index in [1.165, 1.54) is 0 Å². The number of amides is 1. The van der Waals surface area contributed by atoms with E-state index in [-0.39, 0.29) is 6.09 Å². The minimum absolute atomic E-state index is 0.327. The van der Waals surface area contributed by atoms with E-state index in [9.17, 15) is 10.1 Å². The summed E-state index contributed by atoms with van der Waals surface area (Å²) in [7, 11) is 0. The highest BCUT2D eigenvalue weighted by Gasteiger charge is 2.27. The molecule has 0 radical (unpaired) electrons. The van der Waals surface area contributed by atoms with Crippen LogP contribution < -0.4 is 5.32 Å². The second-order valence-corrected chi connectivity index (χ2v) is 8.76. The molecule has 0 saturated heterocycles. The second kappa shape index (κ2) is 7.70. The lowest BCUT2D eigenvalue weighted by atomic mass is 9.86. The molecule has 0 atom stereocenters. The number of benzene rings is 1. The number of nitrogens with one attached hydrogen (secondary N) is 1. The monoisotopic (exact) mass is 393 g/mol. The van der Waals surface area contributed by atoms with E-state index in [1.54, 1.807) is 4.90 Å². The molecule has 0 spiro atoms. The summed E-state index contributed by atoms with van der Waals surface area (Å²) in [6, 6.07) is 9.96. The van der Waals surface area contributed by atoms with Crippen LogP contribution in [0.2, 0.25) is 0 Å². The highest BCUT2D eigenvalue weighted by Crippen LogP contribution is 2.25. The molecule has 2 heterocycles. The maximum absolute atomic E-state index is 12.4. The van der Waals surface area contributed by atoms with Gasteiger partial charge in [0, 0.05) is 18.4 Å². The van der Waals surface area contributed by atoms with Crippen molar-refractivity contribution in [2.45, 2.75) is 58.6 Å². The average molecular weight is 393 g/mol. The van der Waals surface area contributed by atoms with Gasteiger partial charge in [-0.05, 0) is 64.3 Å². The minimum Gasteiger partial charge on any atom is -0.444 e. The summed E-state index contributed by atoms with van der Waals surface area (Å²) in [5.74, 6) is 0.474. The number of carbonyl (C=O) groups excluding carboxylic acids is 1. The van der Waals surface area contributed by atoms with Gasteiger partial charge in [-0.15, -0.1) is 0 Å². The Morgan fingerprint density at radius 2 is 1.90 bits per heavy atom. The third-order valence-corrected chi connectivity index (χ3v) is 4.74. The first-order valence-electron chi connectivity index (χ1n) is 9.69. The smallest absolute Gasteiger partial charge is 0.410 e. The van der Waals surface area contributed by atoms with Gasteiger partial charge >= 0.3 is 6.09 Å². The van der Waals surface area contributed by atoms with E-state index in [0.717, 1.165) is 22.5 Å². The van der Waals surface area contributed by atoms with Crippen molar-refractivity contribution in [1.29, 1.82) is 5.26 Å². The molecule has 1 aromatic carbocycles. The highest BCUT2D eigenvalue weighted by molar-refractivity contribution is 5.68. The third-order valence-electron chi connectivity index (χ3n) is 4.74. The minimum atomic E-state index is -0.536. The molecule has 0 bridgehead atoms. The number of hydrogen-bond donors (Lipinski definition) is 1. The van der Waals surface area contributed by atoms with Gasteiger partial charge in [-0.1, -0.05) is 12.1 Å². The molecule has 7 heteroatoms. The molecular formula is C22H27N5O2. The largest absolute Gasteiger partial charge is 0.444 e. The van der Waals surface area contributed by atoms with Gasteiger partial charge in [0.2, 0.25) is 5.95 Å². The average Bonchev–Trinajstić information content (AvgIpc) is 2.66. The van der Waals surface area contributed by atoms with Gasteiger partial charge < -0.3 is 15.0 Å². The molecule has 152 valence electrons. The van der Waals surface area contributed by atoms with Crippen LogP contribution in [-0.4, -0.2) is 33.1 Å². The summed E-state index contributed by atoms with van der Waals surface area (Å²) >= 11 is 0. The Kier molecular flexibility index (Phi) is 5.47. The Labute approximate surface area is 171 Å². The van der Waals surface area contributed by atoms with Crippen molar-refractivity contribution in [2.75, 3.05) is 11.9 Å². The van der Waals surface area contributed by atoms with Crippen LogP contribution in [0.3, 0.4) is 0 Å². The first-order chi connectivity index (χ1) is 13.6. The molecular weight excluding hydrogens is 366 g/mol. The number of nitriles is 1. The zero-order valence-corrected chi connectivity index (χ0v) is 17.6. The molecule has 1 aliphatic heterocycles. The lowest BCUT2D eigenvalue weighted by molar-refractivity contribution is 0.0220. The van der Waals surface area contributed by atoms with E-state index < -0.39 is 11.0 Å². The fraction of sp³-hybridized carbons (Fsp3) is 0.455. The zero-order chi connectivity index (χ0) is 21.2. The van der Waals surface area contributed by atoms with Crippen molar-refractivity contribution in [3.63, 3.8) is 0 Å². The van der Waals surface area contributed by atoms with Crippen molar-refractivity contribution >= 4 is 17.7 Å². The number of fused-ring (bicyclic) bond motifs is 1. The Morgan fingerprint density at radius 1 is 1.21 bits per heavy atom. The molecule has 0 saturated carbocycles. The van der Waals surface area contributed by atoms with E-state index >= 15 is 0 Å². The van der Waals surface area contributed by atoms with Crippen LogP contribution in [0.4, 0.5) is 16.4 Å². The van der Waals surface area contributed by atoms with Crippen LogP contribution >= 0.6 is 0 Å². The van der Waals surface area contributed by atoms with Crippen molar-refractivity contribution < 1.29 is 9.53 Å². The number of anilines is 2. The van der Waals surface area contributed by atoms with E-state index in [4.69, 9.17) is 4.74 Å². The van der Waals surface area contributed by atoms with Gasteiger partial charge in [-0.3, -0.25) is 0 Å². The van der Waals surface area contributed by atoms with E-state index in [0.29, 0.717) is 25.5 Å². The number of rotatable bonds is 3. The van der Waals surface area contributed by atoms with Crippen molar-refractivity contribution in [3.05, 3.63) is 47.3 Å². The number of ether oxygens (including phenoxy) is 1.